The lowest BCUT2D eigenvalue weighted by atomic mass is 10.3. The van der Waals surface area contributed by atoms with Gasteiger partial charge in [-0.05, 0) is 7.05 Å². The number of piperazine rings is 1. The number of hydrogen-bond acceptors (Lipinski definition) is 3. The minimum Gasteiger partial charge on any atom is -0.339 e. The second kappa shape index (κ2) is 6.20. The summed E-state index contributed by atoms with van der Waals surface area (Å²) >= 11 is 0. The van der Waals surface area contributed by atoms with Crippen LogP contribution in [0.4, 0.5) is 13.2 Å². The summed E-state index contributed by atoms with van der Waals surface area (Å²) in [5, 5.41) is 3.11. The monoisotopic (exact) mass is 253 g/mol. The van der Waals surface area contributed by atoms with E-state index in [2.05, 4.69) is 5.32 Å². The largest absolute Gasteiger partial charge is 0.390 e. The molecular formula is C10H18F3N3O. The SMILES string of the molecule is CN(CCC(F)(F)F)CC(=O)N1CCNCC1. The smallest absolute Gasteiger partial charge is 0.339 e. The fraction of sp³-hybridized carbons (Fsp3) is 0.900. The van der Waals surface area contributed by atoms with Crippen LogP contribution < -0.4 is 5.32 Å². The Bertz CT molecular complexity index is 252. The average molecular weight is 253 g/mol. The second-order valence-corrected chi connectivity index (χ2v) is 4.23. The first kappa shape index (κ1) is 14.2. The van der Waals surface area contributed by atoms with Gasteiger partial charge in [-0.25, -0.2) is 0 Å². The Labute approximate surface area is 98.7 Å². The van der Waals surface area contributed by atoms with Crippen molar-refractivity contribution in [3.63, 3.8) is 0 Å². The van der Waals surface area contributed by atoms with Crippen LogP contribution in [0.15, 0.2) is 0 Å². The molecule has 0 saturated carbocycles. The second-order valence-electron chi connectivity index (χ2n) is 4.23. The van der Waals surface area contributed by atoms with Gasteiger partial charge in [0.1, 0.15) is 0 Å². The Morgan fingerprint density at radius 1 is 1.35 bits per heavy atom. The number of hydrogen-bond donors (Lipinski definition) is 1. The number of amides is 1. The van der Waals surface area contributed by atoms with Gasteiger partial charge in [0.25, 0.3) is 0 Å². The lowest BCUT2D eigenvalue weighted by Crippen LogP contribution is -2.49. The van der Waals surface area contributed by atoms with Gasteiger partial charge in [0.15, 0.2) is 0 Å². The van der Waals surface area contributed by atoms with Crippen molar-refractivity contribution < 1.29 is 18.0 Å². The summed E-state index contributed by atoms with van der Waals surface area (Å²) in [6, 6.07) is 0. The molecule has 1 aliphatic heterocycles. The summed E-state index contributed by atoms with van der Waals surface area (Å²) < 4.78 is 35.9. The molecule has 0 unspecified atom stereocenters. The first-order valence-electron chi connectivity index (χ1n) is 5.62. The molecule has 0 spiro atoms. The fourth-order valence-corrected chi connectivity index (χ4v) is 1.64. The molecule has 1 fully saturated rings. The lowest BCUT2D eigenvalue weighted by Gasteiger charge is -2.29. The molecule has 1 amide bonds. The molecule has 1 aliphatic rings. The Hall–Kier alpha value is -0.820. The molecule has 100 valence electrons. The zero-order chi connectivity index (χ0) is 12.9. The van der Waals surface area contributed by atoms with Crippen LogP contribution >= 0.6 is 0 Å². The topological polar surface area (TPSA) is 35.6 Å². The molecular weight excluding hydrogens is 235 g/mol. The van der Waals surface area contributed by atoms with Crippen molar-refractivity contribution in [3.8, 4) is 0 Å². The zero-order valence-corrected chi connectivity index (χ0v) is 9.89. The van der Waals surface area contributed by atoms with E-state index >= 15 is 0 Å². The van der Waals surface area contributed by atoms with Crippen LogP contribution in [0.1, 0.15) is 6.42 Å². The van der Waals surface area contributed by atoms with Crippen LogP contribution in [0.3, 0.4) is 0 Å². The molecule has 0 atom stereocenters. The van der Waals surface area contributed by atoms with Gasteiger partial charge in [0.05, 0.1) is 13.0 Å². The predicted octanol–water partition coefficient (Wildman–Crippen LogP) is 0.302. The van der Waals surface area contributed by atoms with Gasteiger partial charge in [0.2, 0.25) is 5.91 Å². The van der Waals surface area contributed by atoms with Crippen molar-refractivity contribution in [2.75, 3.05) is 46.3 Å². The summed E-state index contributed by atoms with van der Waals surface area (Å²) in [5.74, 6) is -0.101. The number of nitrogens with one attached hydrogen (secondary N) is 1. The summed E-state index contributed by atoms with van der Waals surface area (Å²) in [6.45, 7) is 2.67. The van der Waals surface area contributed by atoms with E-state index < -0.39 is 12.6 Å². The highest BCUT2D eigenvalue weighted by molar-refractivity contribution is 5.78. The third kappa shape index (κ3) is 5.88. The highest BCUT2D eigenvalue weighted by Gasteiger charge is 2.27. The summed E-state index contributed by atoms with van der Waals surface area (Å²) in [4.78, 5) is 14.8. The van der Waals surface area contributed by atoms with E-state index in [0.717, 1.165) is 13.1 Å². The van der Waals surface area contributed by atoms with Crippen molar-refractivity contribution in [3.05, 3.63) is 0 Å². The highest BCUT2D eigenvalue weighted by atomic mass is 19.4. The van der Waals surface area contributed by atoms with Crippen molar-refractivity contribution in [1.82, 2.24) is 15.1 Å². The number of nitrogens with zero attached hydrogens (tertiary/aromatic N) is 2. The molecule has 17 heavy (non-hydrogen) atoms. The van der Waals surface area contributed by atoms with E-state index in [-0.39, 0.29) is 19.0 Å². The number of halogens is 3. The van der Waals surface area contributed by atoms with E-state index in [9.17, 15) is 18.0 Å². The van der Waals surface area contributed by atoms with Crippen LogP contribution in [0.25, 0.3) is 0 Å². The molecule has 1 rings (SSSR count). The number of carbonyl (C=O) groups is 1. The number of alkyl halides is 3. The van der Waals surface area contributed by atoms with Gasteiger partial charge in [-0.3, -0.25) is 9.69 Å². The van der Waals surface area contributed by atoms with Gasteiger partial charge in [-0.1, -0.05) is 0 Å². The number of likely N-dealkylation sites (N-methyl/N-ethyl adjacent to an activating group) is 1. The molecule has 1 saturated heterocycles. The van der Waals surface area contributed by atoms with Crippen molar-refractivity contribution >= 4 is 5.91 Å². The first-order chi connectivity index (χ1) is 7.88. The van der Waals surface area contributed by atoms with Gasteiger partial charge in [-0.15, -0.1) is 0 Å². The molecule has 0 aromatic carbocycles. The molecule has 1 heterocycles. The standard InChI is InChI=1S/C10H18F3N3O/c1-15(5-2-10(11,12)13)8-9(17)16-6-3-14-4-7-16/h14H,2-8H2,1H3. The van der Waals surface area contributed by atoms with Gasteiger partial charge >= 0.3 is 6.18 Å². The highest BCUT2D eigenvalue weighted by Crippen LogP contribution is 2.19. The molecule has 4 nitrogen and oxygen atoms in total. The molecule has 0 aromatic rings. The number of carbonyl (C=O) groups excluding carboxylic acids is 1. The van der Waals surface area contributed by atoms with Gasteiger partial charge < -0.3 is 10.2 Å². The summed E-state index contributed by atoms with van der Waals surface area (Å²) in [5.41, 5.74) is 0. The van der Waals surface area contributed by atoms with E-state index in [4.69, 9.17) is 0 Å². The Morgan fingerprint density at radius 2 is 1.94 bits per heavy atom. The van der Waals surface area contributed by atoms with Gasteiger partial charge in [0, 0.05) is 32.7 Å². The Kier molecular flexibility index (Phi) is 5.20. The molecule has 0 aromatic heterocycles. The summed E-state index contributed by atoms with van der Waals surface area (Å²) in [7, 11) is 1.53. The molecule has 0 bridgehead atoms. The molecule has 0 radical (unpaired) electrons. The average Bonchev–Trinajstić information content (AvgIpc) is 2.27. The van der Waals surface area contributed by atoms with Crippen LogP contribution in [-0.4, -0.2) is 68.2 Å². The normalized spacial score (nSPS) is 17.6. The Balaban J connectivity index is 2.25. The Morgan fingerprint density at radius 3 is 2.47 bits per heavy atom. The maximum atomic E-state index is 12.0. The van der Waals surface area contributed by atoms with E-state index in [1.54, 1.807) is 4.90 Å². The maximum Gasteiger partial charge on any atom is 0.390 e. The first-order valence-corrected chi connectivity index (χ1v) is 5.62. The van der Waals surface area contributed by atoms with Gasteiger partial charge in [-0.2, -0.15) is 13.2 Å². The molecule has 7 heteroatoms. The number of rotatable bonds is 4. The zero-order valence-electron chi connectivity index (χ0n) is 9.89. The third-order valence-electron chi connectivity index (χ3n) is 2.65. The van der Waals surface area contributed by atoms with E-state index in [1.807, 2.05) is 0 Å². The van der Waals surface area contributed by atoms with E-state index in [0.29, 0.717) is 13.1 Å². The van der Waals surface area contributed by atoms with Crippen LogP contribution in [0, 0.1) is 0 Å². The predicted molar refractivity (Wildman–Crippen MR) is 57.6 cm³/mol. The fourth-order valence-electron chi connectivity index (χ4n) is 1.64. The van der Waals surface area contributed by atoms with Crippen LogP contribution in [-0.2, 0) is 4.79 Å². The molecule has 1 N–H and O–H groups in total. The third-order valence-corrected chi connectivity index (χ3v) is 2.65. The van der Waals surface area contributed by atoms with Crippen LogP contribution in [0.5, 0.6) is 0 Å². The minimum absolute atomic E-state index is 0.0517. The van der Waals surface area contributed by atoms with Crippen molar-refractivity contribution in [2.24, 2.45) is 0 Å². The quantitative estimate of drug-likeness (QED) is 0.783. The van der Waals surface area contributed by atoms with E-state index in [1.165, 1.54) is 11.9 Å². The maximum absolute atomic E-state index is 12.0. The van der Waals surface area contributed by atoms with Crippen molar-refractivity contribution in [2.45, 2.75) is 12.6 Å². The lowest BCUT2D eigenvalue weighted by molar-refractivity contribution is -0.141. The molecule has 0 aliphatic carbocycles. The van der Waals surface area contributed by atoms with Crippen LogP contribution in [0.2, 0.25) is 0 Å². The summed E-state index contributed by atoms with van der Waals surface area (Å²) in [6.07, 6.45) is -5.04. The minimum atomic E-state index is -4.16. The van der Waals surface area contributed by atoms with Crippen molar-refractivity contribution in [1.29, 1.82) is 0 Å².